The fourth-order valence-corrected chi connectivity index (χ4v) is 1.82. The molecule has 1 heterocycles. The Morgan fingerprint density at radius 3 is 2.93 bits per heavy atom. The Kier molecular flexibility index (Phi) is 1.47. The molecular formula is C10H9ClN2O. The molecule has 0 amide bonds. The van der Waals surface area contributed by atoms with Crippen LogP contribution < -0.4 is 5.73 Å². The molecule has 2 N–H and O–H groups in total. The van der Waals surface area contributed by atoms with Gasteiger partial charge < -0.3 is 10.3 Å². The van der Waals surface area contributed by atoms with E-state index in [4.69, 9.17) is 21.9 Å². The molecular weight excluding hydrogens is 200 g/mol. The topological polar surface area (TPSA) is 52.0 Å². The first-order valence-electron chi connectivity index (χ1n) is 4.53. The highest BCUT2D eigenvalue weighted by molar-refractivity contribution is 6.34. The maximum absolute atomic E-state index is 6.08. The summed E-state index contributed by atoms with van der Waals surface area (Å²) < 4.78 is 5.01. The van der Waals surface area contributed by atoms with Crippen LogP contribution in [0.2, 0.25) is 5.15 Å². The number of nitrogens with two attached hydrogens (primary N) is 1. The van der Waals surface area contributed by atoms with Crippen molar-refractivity contribution >= 4 is 22.6 Å². The van der Waals surface area contributed by atoms with E-state index in [0.717, 1.165) is 23.8 Å². The normalized spacial score (nSPS) is 18.7. The van der Waals surface area contributed by atoms with Crippen molar-refractivity contribution in [2.45, 2.75) is 18.4 Å². The van der Waals surface area contributed by atoms with E-state index in [2.05, 4.69) is 5.16 Å². The van der Waals surface area contributed by atoms with Crippen LogP contribution in [-0.4, -0.2) is 5.16 Å². The zero-order valence-electron chi connectivity index (χ0n) is 7.46. The lowest BCUT2D eigenvalue weighted by Crippen LogP contribution is -2.18. The predicted molar refractivity (Wildman–Crippen MR) is 54.1 cm³/mol. The minimum atomic E-state index is -0.130. The molecule has 1 aromatic carbocycles. The molecule has 0 radical (unpaired) electrons. The average Bonchev–Trinajstić information content (AvgIpc) is 2.84. The van der Waals surface area contributed by atoms with E-state index in [1.165, 1.54) is 0 Å². The second kappa shape index (κ2) is 2.49. The smallest absolute Gasteiger partial charge is 0.180 e. The number of rotatable bonds is 1. The lowest BCUT2D eigenvalue weighted by molar-refractivity contribution is 0.457. The van der Waals surface area contributed by atoms with Crippen molar-refractivity contribution in [1.29, 1.82) is 0 Å². The minimum absolute atomic E-state index is 0.130. The lowest BCUT2D eigenvalue weighted by atomic mass is 10.0. The fraction of sp³-hybridized carbons (Fsp3) is 0.300. The van der Waals surface area contributed by atoms with Gasteiger partial charge in [0.05, 0.1) is 5.39 Å². The summed E-state index contributed by atoms with van der Waals surface area (Å²) in [4.78, 5) is 0. The van der Waals surface area contributed by atoms with Crippen LogP contribution >= 0.6 is 11.6 Å². The highest BCUT2D eigenvalue weighted by Crippen LogP contribution is 2.43. The second-order valence-corrected chi connectivity index (χ2v) is 4.20. The third kappa shape index (κ3) is 1.06. The van der Waals surface area contributed by atoms with Crippen LogP contribution in [0.4, 0.5) is 0 Å². The third-order valence-electron chi connectivity index (χ3n) is 2.79. The quantitative estimate of drug-likeness (QED) is 0.783. The number of fused-ring (bicyclic) bond motifs is 1. The number of halogens is 1. The number of nitrogens with zero attached hydrogens (tertiary/aromatic N) is 1. The first-order chi connectivity index (χ1) is 6.69. The van der Waals surface area contributed by atoms with E-state index in [0.29, 0.717) is 10.7 Å². The number of benzene rings is 1. The van der Waals surface area contributed by atoms with Gasteiger partial charge in [-0.2, -0.15) is 0 Å². The predicted octanol–water partition coefficient (Wildman–Crippen LogP) is 2.43. The zero-order valence-corrected chi connectivity index (χ0v) is 8.21. The Balaban J connectivity index is 2.23. The standard InChI is InChI=1S/C10H9ClN2O/c11-9-7-5-6(10(12)3-4-10)1-2-8(7)14-13-9/h1-2,5H,3-4,12H2. The maximum Gasteiger partial charge on any atom is 0.180 e. The van der Waals surface area contributed by atoms with E-state index in [1.807, 2.05) is 18.2 Å². The molecule has 0 saturated heterocycles. The summed E-state index contributed by atoms with van der Waals surface area (Å²) in [5.41, 5.74) is 7.79. The van der Waals surface area contributed by atoms with Gasteiger partial charge in [0.1, 0.15) is 0 Å². The summed E-state index contributed by atoms with van der Waals surface area (Å²) in [6.07, 6.45) is 2.09. The first-order valence-corrected chi connectivity index (χ1v) is 4.91. The van der Waals surface area contributed by atoms with Gasteiger partial charge in [0, 0.05) is 5.54 Å². The Morgan fingerprint density at radius 1 is 1.43 bits per heavy atom. The summed E-state index contributed by atoms with van der Waals surface area (Å²) in [6.45, 7) is 0. The molecule has 0 spiro atoms. The minimum Gasteiger partial charge on any atom is -0.355 e. The zero-order chi connectivity index (χ0) is 9.76. The number of aromatic nitrogens is 1. The van der Waals surface area contributed by atoms with Gasteiger partial charge >= 0.3 is 0 Å². The van der Waals surface area contributed by atoms with Gasteiger partial charge in [-0.25, -0.2) is 0 Å². The van der Waals surface area contributed by atoms with Crippen LogP contribution in [0, 0.1) is 0 Å². The van der Waals surface area contributed by atoms with Crippen molar-refractivity contribution in [3.05, 3.63) is 28.9 Å². The van der Waals surface area contributed by atoms with Crippen molar-refractivity contribution in [2.75, 3.05) is 0 Å². The Bertz CT molecular complexity index is 502. The molecule has 14 heavy (non-hydrogen) atoms. The Hall–Kier alpha value is -1.06. The fourth-order valence-electron chi connectivity index (χ4n) is 1.64. The molecule has 1 aromatic heterocycles. The SMILES string of the molecule is NC1(c2ccc3onc(Cl)c3c2)CC1. The van der Waals surface area contributed by atoms with Gasteiger partial charge in [-0.1, -0.05) is 22.8 Å². The van der Waals surface area contributed by atoms with E-state index in [1.54, 1.807) is 0 Å². The summed E-state index contributed by atoms with van der Waals surface area (Å²) >= 11 is 5.87. The van der Waals surface area contributed by atoms with Gasteiger partial charge in [0.2, 0.25) is 0 Å². The second-order valence-electron chi connectivity index (χ2n) is 3.84. The van der Waals surface area contributed by atoms with Gasteiger partial charge in [0.15, 0.2) is 10.7 Å². The molecule has 3 rings (SSSR count). The number of hydrogen-bond acceptors (Lipinski definition) is 3. The summed E-state index contributed by atoms with van der Waals surface area (Å²) in [7, 11) is 0. The molecule has 1 fully saturated rings. The molecule has 4 heteroatoms. The van der Waals surface area contributed by atoms with Crippen molar-refractivity contribution < 1.29 is 4.52 Å². The lowest BCUT2D eigenvalue weighted by Gasteiger charge is -2.07. The molecule has 0 unspecified atom stereocenters. The Labute approximate surface area is 85.8 Å². The molecule has 0 bridgehead atoms. The van der Waals surface area contributed by atoms with E-state index >= 15 is 0 Å². The Morgan fingerprint density at radius 2 is 2.21 bits per heavy atom. The summed E-state index contributed by atoms with van der Waals surface area (Å²) in [6, 6.07) is 5.83. The number of hydrogen-bond donors (Lipinski definition) is 1. The van der Waals surface area contributed by atoms with Crippen molar-refractivity contribution in [1.82, 2.24) is 5.16 Å². The summed E-state index contributed by atoms with van der Waals surface area (Å²) in [5, 5.41) is 4.95. The van der Waals surface area contributed by atoms with Crippen molar-refractivity contribution in [3.8, 4) is 0 Å². The average molecular weight is 209 g/mol. The van der Waals surface area contributed by atoms with Crippen LogP contribution in [0.25, 0.3) is 11.0 Å². The van der Waals surface area contributed by atoms with Gasteiger partial charge in [0.25, 0.3) is 0 Å². The molecule has 1 saturated carbocycles. The molecule has 1 aliphatic rings. The van der Waals surface area contributed by atoms with Crippen LogP contribution in [0.1, 0.15) is 18.4 Å². The van der Waals surface area contributed by atoms with E-state index in [9.17, 15) is 0 Å². The van der Waals surface area contributed by atoms with Crippen LogP contribution in [0.15, 0.2) is 22.7 Å². The summed E-state index contributed by atoms with van der Waals surface area (Å²) in [5.74, 6) is 0. The van der Waals surface area contributed by atoms with Crippen LogP contribution in [0.3, 0.4) is 0 Å². The molecule has 1 aliphatic carbocycles. The van der Waals surface area contributed by atoms with E-state index in [-0.39, 0.29) is 5.54 Å². The molecule has 72 valence electrons. The monoisotopic (exact) mass is 208 g/mol. The maximum atomic E-state index is 6.08. The molecule has 3 nitrogen and oxygen atoms in total. The largest absolute Gasteiger partial charge is 0.355 e. The van der Waals surface area contributed by atoms with Crippen molar-refractivity contribution in [2.24, 2.45) is 5.73 Å². The van der Waals surface area contributed by atoms with E-state index < -0.39 is 0 Å². The molecule has 0 atom stereocenters. The first kappa shape index (κ1) is 8.26. The highest BCUT2D eigenvalue weighted by atomic mass is 35.5. The van der Waals surface area contributed by atoms with Crippen LogP contribution in [0.5, 0.6) is 0 Å². The molecule has 2 aromatic rings. The van der Waals surface area contributed by atoms with Gasteiger partial charge in [-0.05, 0) is 30.5 Å². The van der Waals surface area contributed by atoms with Gasteiger partial charge in [-0.15, -0.1) is 0 Å². The molecule has 0 aliphatic heterocycles. The van der Waals surface area contributed by atoms with Crippen LogP contribution in [-0.2, 0) is 5.54 Å². The van der Waals surface area contributed by atoms with Crippen molar-refractivity contribution in [3.63, 3.8) is 0 Å². The van der Waals surface area contributed by atoms with Gasteiger partial charge in [-0.3, -0.25) is 0 Å². The highest BCUT2D eigenvalue weighted by Gasteiger charge is 2.40. The third-order valence-corrected chi connectivity index (χ3v) is 3.06.